The molecule has 0 unspecified atom stereocenters. The summed E-state index contributed by atoms with van der Waals surface area (Å²) in [5, 5.41) is 21.9. The van der Waals surface area contributed by atoms with Gasteiger partial charge in [-0.05, 0) is 36.2 Å². The predicted molar refractivity (Wildman–Crippen MR) is 120 cm³/mol. The van der Waals surface area contributed by atoms with Crippen LogP contribution in [0.1, 0.15) is 29.3 Å². The van der Waals surface area contributed by atoms with Gasteiger partial charge in [0.1, 0.15) is 5.75 Å². The zero-order valence-corrected chi connectivity index (χ0v) is 18.2. The molecule has 5 rings (SSSR count). The monoisotopic (exact) mass is 459 g/mol. The van der Waals surface area contributed by atoms with Crippen molar-refractivity contribution in [3.8, 4) is 16.9 Å². The lowest BCUT2D eigenvalue weighted by Gasteiger charge is -2.35. The largest absolute Gasteiger partial charge is 0.493 e. The first-order valence-electron chi connectivity index (χ1n) is 10.2. The molecule has 0 aliphatic carbocycles. The summed E-state index contributed by atoms with van der Waals surface area (Å²) in [7, 11) is 0. The highest BCUT2D eigenvalue weighted by molar-refractivity contribution is 7.19. The van der Waals surface area contributed by atoms with E-state index in [0.717, 1.165) is 56.9 Å². The van der Waals surface area contributed by atoms with E-state index in [9.17, 15) is 9.90 Å². The van der Waals surface area contributed by atoms with Crippen molar-refractivity contribution in [2.24, 2.45) is 0 Å². The summed E-state index contributed by atoms with van der Waals surface area (Å²) in [4.78, 5) is 18.7. The van der Waals surface area contributed by atoms with Gasteiger partial charge >= 0.3 is 6.09 Å². The number of hydrogen-bond acceptors (Lipinski definition) is 6. The van der Waals surface area contributed by atoms with Crippen molar-refractivity contribution in [1.29, 1.82) is 0 Å². The van der Waals surface area contributed by atoms with E-state index in [0.29, 0.717) is 18.2 Å². The third-order valence-corrected chi connectivity index (χ3v) is 7.35. The molecule has 3 N–H and O–H groups in total. The van der Waals surface area contributed by atoms with Gasteiger partial charge in [0, 0.05) is 58.8 Å². The van der Waals surface area contributed by atoms with Crippen LogP contribution in [-0.2, 0) is 6.61 Å². The van der Waals surface area contributed by atoms with Crippen LogP contribution in [0.2, 0.25) is 5.02 Å². The second-order valence-corrected chi connectivity index (χ2v) is 9.47. The predicted octanol–water partition coefficient (Wildman–Crippen LogP) is 4.27. The maximum absolute atomic E-state index is 11.1. The highest BCUT2D eigenvalue weighted by atomic mass is 35.5. The van der Waals surface area contributed by atoms with Crippen LogP contribution >= 0.6 is 22.9 Å². The Bertz CT molecular complexity index is 1150. The van der Waals surface area contributed by atoms with Gasteiger partial charge in [-0.15, -0.1) is 11.3 Å². The zero-order valence-electron chi connectivity index (χ0n) is 16.7. The fraction of sp³-hybridized carbons (Fsp3) is 0.364. The topological polar surface area (TPSA) is 94.9 Å². The lowest BCUT2D eigenvalue weighted by atomic mass is 9.90. The molecule has 0 bridgehead atoms. The van der Waals surface area contributed by atoms with Gasteiger partial charge in [0.2, 0.25) is 0 Å². The first-order chi connectivity index (χ1) is 15.0. The Morgan fingerprint density at radius 1 is 1.32 bits per heavy atom. The van der Waals surface area contributed by atoms with Crippen LogP contribution in [0.3, 0.4) is 0 Å². The van der Waals surface area contributed by atoms with Gasteiger partial charge in [-0.25, -0.2) is 4.79 Å². The standard InChI is InChI=1S/C22H22ClN3O4S/c23-12-7-16(15-1-4-24-17-9-14(11-27)31-21(15)17)20-18(3-6-30-19(20)8-12)26-5-2-13(10-26)25-22(28)29/h1,4,7-9,13,18,25,27H,2-3,5-6,10-11H2,(H,28,29)/t13-,18+/m1/s1. The van der Waals surface area contributed by atoms with Crippen molar-refractivity contribution in [1.82, 2.24) is 15.2 Å². The number of ether oxygens (including phenoxy) is 1. The number of aliphatic hydroxyl groups is 1. The molecular formula is C22H22ClN3O4S. The average molecular weight is 460 g/mol. The Morgan fingerprint density at radius 3 is 3.00 bits per heavy atom. The molecule has 7 nitrogen and oxygen atoms in total. The number of aliphatic hydroxyl groups excluding tert-OH is 1. The lowest BCUT2D eigenvalue weighted by Crippen LogP contribution is -2.38. The molecule has 1 fully saturated rings. The van der Waals surface area contributed by atoms with Gasteiger partial charge < -0.3 is 20.3 Å². The number of fused-ring (bicyclic) bond motifs is 2. The van der Waals surface area contributed by atoms with Crippen molar-refractivity contribution >= 4 is 39.2 Å². The average Bonchev–Trinajstić information content (AvgIpc) is 3.38. The molecule has 31 heavy (non-hydrogen) atoms. The second kappa shape index (κ2) is 8.27. The van der Waals surface area contributed by atoms with Gasteiger partial charge in [0.15, 0.2) is 0 Å². The molecule has 4 heterocycles. The molecule has 0 saturated carbocycles. The number of aromatic nitrogens is 1. The van der Waals surface area contributed by atoms with Gasteiger partial charge in [-0.1, -0.05) is 11.6 Å². The van der Waals surface area contributed by atoms with E-state index in [2.05, 4.69) is 15.2 Å². The molecule has 3 aromatic rings. The maximum Gasteiger partial charge on any atom is 0.404 e. The van der Waals surface area contributed by atoms with Crippen LogP contribution in [0.15, 0.2) is 30.5 Å². The van der Waals surface area contributed by atoms with Crippen LogP contribution in [0.4, 0.5) is 4.79 Å². The first kappa shape index (κ1) is 20.5. The molecule has 1 amide bonds. The Morgan fingerprint density at radius 2 is 2.19 bits per heavy atom. The fourth-order valence-electron chi connectivity index (χ4n) is 4.71. The van der Waals surface area contributed by atoms with E-state index in [1.807, 2.05) is 24.3 Å². The summed E-state index contributed by atoms with van der Waals surface area (Å²) in [5.74, 6) is 0.775. The molecule has 0 radical (unpaired) electrons. The summed E-state index contributed by atoms with van der Waals surface area (Å²) in [6.07, 6.45) is 2.40. The molecule has 1 aromatic carbocycles. The van der Waals surface area contributed by atoms with E-state index in [1.54, 1.807) is 6.20 Å². The number of carboxylic acid groups (broad SMARTS) is 1. The zero-order chi connectivity index (χ0) is 21.5. The summed E-state index contributed by atoms with van der Waals surface area (Å²) < 4.78 is 7.02. The minimum absolute atomic E-state index is 0.0222. The minimum Gasteiger partial charge on any atom is -0.493 e. The number of pyridine rings is 1. The Labute approximate surface area is 188 Å². The van der Waals surface area contributed by atoms with Crippen molar-refractivity contribution in [3.63, 3.8) is 0 Å². The minimum atomic E-state index is -0.983. The van der Waals surface area contributed by atoms with Crippen molar-refractivity contribution in [2.45, 2.75) is 31.5 Å². The molecule has 2 atom stereocenters. The number of carbonyl (C=O) groups is 1. The van der Waals surface area contributed by atoms with Crippen LogP contribution in [0, 0.1) is 0 Å². The molecule has 2 aliphatic rings. The summed E-state index contributed by atoms with van der Waals surface area (Å²) >= 11 is 8.01. The highest BCUT2D eigenvalue weighted by Gasteiger charge is 2.35. The maximum atomic E-state index is 11.1. The first-order valence-corrected chi connectivity index (χ1v) is 11.4. The fourth-order valence-corrected chi connectivity index (χ4v) is 5.92. The summed E-state index contributed by atoms with van der Waals surface area (Å²) in [5.41, 5.74) is 3.95. The Kier molecular flexibility index (Phi) is 5.47. The van der Waals surface area contributed by atoms with Crippen LogP contribution < -0.4 is 10.1 Å². The normalized spacial score (nSPS) is 21.1. The summed E-state index contributed by atoms with van der Waals surface area (Å²) in [6.45, 7) is 2.05. The van der Waals surface area contributed by atoms with Crippen molar-refractivity contribution in [2.75, 3.05) is 19.7 Å². The number of likely N-dealkylation sites (tertiary alicyclic amines) is 1. The van der Waals surface area contributed by atoms with E-state index in [1.165, 1.54) is 11.3 Å². The molecule has 2 aromatic heterocycles. The lowest BCUT2D eigenvalue weighted by molar-refractivity contribution is 0.161. The van der Waals surface area contributed by atoms with Gasteiger partial charge in [-0.3, -0.25) is 9.88 Å². The third-order valence-electron chi connectivity index (χ3n) is 5.99. The van der Waals surface area contributed by atoms with Gasteiger partial charge in [0.25, 0.3) is 0 Å². The van der Waals surface area contributed by atoms with Crippen molar-refractivity contribution in [3.05, 3.63) is 45.9 Å². The van der Waals surface area contributed by atoms with E-state index in [-0.39, 0.29) is 18.7 Å². The van der Waals surface area contributed by atoms with Crippen molar-refractivity contribution < 1.29 is 19.7 Å². The van der Waals surface area contributed by atoms with E-state index < -0.39 is 6.09 Å². The van der Waals surface area contributed by atoms with Gasteiger partial charge in [0.05, 0.1) is 23.4 Å². The number of rotatable bonds is 4. The smallest absolute Gasteiger partial charge is 0.404 e. The number of nitrogens with one attached hydrogen (secondary N) is 1. The van der Waals surface area contributed by atoms with Crippen LogP contribution in [0.5, 0.6) is 5.75 Å². The van der Waals surface area contributed by atoms with Crippen LogP contribution in [0.25, 0.3) is 21.3 Å². The number of benzene rings is 1. The molecule has 0 spiro atoms. The Balaban J connectivity index is 1.60. The molecule has 9 heteroatoms. The van der Waals surface area contributed by atoms with Gasteiger partial charge in [-0.2, -0.15) is 0 Å². The number of amides is 1. The number of halogens is 1. The number of thiophene rings is 1. The quantitative estimate of drug-likeness (QED) is 0.539. The van der Waals surface area contributed by atoms with E-state index in [4.69, 9.17) is 21.4 Å². The SMILES string of the molecule is O=C(O)N[C@@H]1CCN([C@H]2CCOc3cc(Cl)cc(-c4ccnc5cc(CO)sc45)c32)C1. The van der Waals surface area contributed by atoms with E-state index >= 15 is 0 Å². The number of hydrogen-bond donors (Lipinski definition) is 3. The highest BCUT2D eigenvalue weighted by Crippen LogP contribution is 2.47. The molecule has 2 aliphatic heterocycles. The third kappa shape index (κ3) is 3.85. The molecular weight excluding hydrogens is 438 g/mol. The summed E-state index contributed by atoms with van der Waals surface area (Å²) in [6, 6.07) is 7.77. The second-order valence-electron chi connectivity index (χ2n) is 7.89. The molecule has 1 saturated heterocycles. The Hall–Kier alpha value is -2.39. The molecule has 162 valence electrons. The number of nitrogens with zero attached hydrogens (tertiary/aromatic N) is 2. The van der Waals surface area contributed by atoms with Crippen LogP contribution in [-0.4, -0.2) is 51.9 Å².